The van der Waals surface area contributed by atoms with Crippen LogP contribution in [0.15, 0.2) is 0 Å². The number of rotatable bonds is 7. The molecule has 0 aliphatic carbocycles. The highest BCUT2D eigenvalue weighted by Crippen LogP contribution is 2.20. The number of hydrogen-bond acceptors (Lipinski definition) is 4. The van der Waals surface area contributed by atoms with Crippen molar-refractivity contribution in [2.75, 3.05) is 38.3 Å². The molecule has 4 nitrogen and oxygen atoms in total. The molecule has 0 saturated carbocycles. The average Bonchev–Trinajstić information content (AvgIpc) is 2.73. The lowest BCUT2D eigenvalue weighted by molar-refractivity contribution is -0.143. The molecule has 0 spiro atoms. The molecule has 1 rings (SSSR count). The van der Waals surface area contributed by atoms with Crippen LogP contribution in [0, 0.1) is 5.92 Å². The third-order valence-electron chi connectivity index (χ3n) is 2.93. The van der Waals surface area contributed by atoms with E-state index in [9.17, 15) is 4.79 Å². The second-order valence-corrected chi connectivity index (χ2v) is 5.06. The normalized spacial score (nSPS) is 25.2. The zero-order chi connectivity index (χ0) is 12.0. The van der Waals surface area contributed by atoms with Crippen LogP contribution in [0.1, 0.15) is 13.3 Å². The molecule has 0 bridgehead atoms. The van der Waals surface area contributed by atoms with Gasteiger partial charge in [-0.05, 0) is 19.2 Å². The first kappa shape index (κ1) is 13.8. The van der Waals surface area contributed by atoms with Gasteiger partial charge in [0, 0.05) is 18.3 Å². The zero-order valence-corrected chi connectivity index (χ0v) is 10.8. The SMILES string of the molecule is CCCN(CCSC)C1COCC1C(=O)O. The summed E-state index contributed by atoms with van der Waals surface area (Å²) in [7, 11) is 0. The molecule has 1 heterocycles. The first-order chi connectivity index (χ1) is 7.70. The van der Waals surface area contributed by atoms with Crippen LogP contribution < -0.4 is 0 Å². The molecule has 0 amide bonds. The van der Waals surface area contributed by atoms with Crippen LogP contribution in [0.2, 0.25) is 0 Å². The van der Waals surface area contributed by atoms with Crippen molar-refractivity contribution >= 4 is 17.7 Å². The molecule has 0 aromatic rings. The largest absolute Gasteiger partial charge is 0.481 e. The van der Waals surface area contributed by atoms with E-state index in [-0.39, 0.29) is 12.0 Å². The van der Waals surface area contributed by atoms with Crippen LogP contribution >= 0.6 is 11.8 Å². The summed E-state index contributed by atoms with van der Waals surface area (Å²) in [6, 6.07) is 0.0598. The highest BCUT2D eigenvalue weighted by molar-refractivity contribution is 7.98. The highest BCUT2D eigenvalue weighted by atomic mass is 32.2. The van der Waals surface area contributed by atoms with E-state index in [0.717, 1.165) is 25.3 Å². The van der Waals surface area contributed by atoms with Crippen molar-refractivity contribution in [2.45, 2.75) is 19.4 Å². The first-order valence-electron chi connectivity index (χ1n) is 5.74. The van der Waals surface area contributed by atoms with Gasteiger partial charge in [0.15, 0.2) is 0 Å². The van der Waals surface area contributed by atoms with Crippen molar-refractivity contribution in [3.05, 3.63) is 0 Å². The summed E-state index contributed by atoms with van der Waals surface area (Å²) in [5.41, 5.74) is 0. The van der Waals surface area contributed by atoms with Crippen molar-refractivity contribution in [3.8, 4) is 0 Å². The summed E-state index contributed by atoms with van der Waals surface area (Å²) in [5.74, 6) is -0.0378. The van der Waals surface area contributed by atoms with Gasteiger partial charge < -0.3 is 9.84 Å². The van der Waals surface area contributed by atoms with Gasteiger partial charge in [0.1, 0.15) is 0 Å². The number of aliphatic carboxylic acids is 1. The standard InChI is InChI=1S/C11H21NO3S/c1-3-4-12(5-6-16-2)10-8-15-7-9(10)11(13)14/h9-10H,3-8H2,1-2H3,(H,13,14). The molecule has 16 heavy (non-hydrogen) atoms. The molecule has 2 atom stereocenters. The third kappa shape index (κ3) is 3.64. The number of thioether (sulfide) groups is 1. The molecule has 0 aromatic carbocycles. The Bertz CT molecular complexity index is 225. The zero-order valence-electron chi connectivity index (χ0n) is 10.0. The minimum absolute atomic E-state index is 0.0598. The Labute approximate surface area is 101 Å². The molecular formula is C11H21NO3S. The molecule has 2 unspecified atom stereocenters. The fourth-order valence-corrected chi connectivity index (χ4v) is 2.50. The summed E-state index contributed by atoms with van der Waals surface area (Å²) in [4.78, 5) is 13.3. The second kappa shape index (κ2) is 7.14. The van der Waals surface area contributed by atoms with Gasteiger partial charge in [-0.15, -0.1) is 0 Å². The van der Waals surface area contributed by atoms with Crippen molar-refractivity contribution in [1.82, 2.24) is 4.90 Å². The van der Waals surface area contributed by atoms with Crippen LogP contribution in [0.5, 0.6) is 0 Å². The van der Waals surface area contributed by atoms with E-state index in [2.05, 4.69) is 18.1 Å². The fraction of sp³-hybridized carbons (Fsp3) is 0.909. The molecule has 1 N–H and O–H groups in total. The predicted molar refractivity (Wildman–Crippen MR) is 66.0 cm³/mol. The van der Waals surface area contributed by atoms with Crippen molar-refractivity contribution in [1.29, 1.82) is 0 Å². The summed E-state index contributed by atoms with van der Waals surface area (Å²) in [5, 5.41) is 9.11. The summed E-state index contributed by atoms with van der Waals surface area (Å²) in [6.45, 7) is 4.95. The average molecular weight is 247 g/mol. The fourth-order valence-electron chi connectivity index (χ4n) is 2.08. The van der Waals surface area contributed by atoms with Gasteiger partial charge in [-0.2, -0.15) is 11.8 Å². The molecule has 1 aliphatic heterocycles. The Morgan fingerprint density at radius 3 is 2.81 bits per heavy atom. The van der Waals surface area contributed by atoms with E-state index in [4.69, 9.17) is 9.84 Å². The number of carboxylic acid groups (broad SMARTS) is 1. The van der Waals surface area contributed by atoms with Crippen LogP contribution in [0.25, 0.3) is 0 Å². The van der Waals surface area contributed by atoms with E-state index in [1.54, 1.807) is 11.8 Å². The molecule has 5 heteroatoms. The Morgan fingerprint density at radius 1 is 1.50 bits per heavy atom. The van der Waals surface area contributed by atoms with Gasteiger partial charge in [0.2, 0.25) is 0 Å². The lowest BCUT2D eigenvalue weighted by atomic mass is 10.0. The molecular weight excluding hydrogens is 226 g/mol. The first-order valence-corrected chi connectivity index (χ1v) is 7.13. The minimum Gasteiger partial charge on any atom is -0.481 e. The van der Waals surface area contributed by atoms with Crippen molar-refractivity contribution < 1.29 is 14.6 Å². The maximum Gasteiger partial charge on any atom is 0.310 e. The van der Waals surface area contributed by atoms with Crippen LogP contribution in [-0.2, 0) is 9.53 Å². The van der Waals surface area contributed by atoms with E-state index < -0.39 is 5.97 Å². The number of hydrogen-bond donors (Lipinski definition) is 1. The molecule has 1 aliphatic rings. The molecule has 1 fully saturated rings. The summed E-state index contributed by atoms with van der Waals surface area (Å²) < 4.78 is 5.31. The van der Waals surface area contributed by atoms with Crippen molar-refractivity contribution in [3.63, 3.8) is 0 Å². The van der Waals surface area contributed by atoms with Gasteiger partial charge in [0.05, 0.1) is 19.1 Å². The molecule has 1 saturated heterocycles. The smallest absolute Gasteiger partial charge is 0.310 e. The monoisotopic (exact) mass is 247 g/mol. The Hall–Kier alpha value is -0.260. The van der Waals surface area contributed by atoms with Crippen LogP contribution in [0.4, 0.5) is 0 Å². The van der Waals surface area contributed by atoms with E-state index in [1.165, 1.54) is 0 Å². The van der Waals surface area contributed by atoms with Gasteiger partial charge >= 0.3 is 5.97 Å². The van der Waals surface area contributed by atoms with E-state index in [1.807, 2.05) is 0 Å². The van der Waals surface area contributed by atoms with Crippen molar-refractivity contribution in [2.24, 2.45) is 5.92 Å². The van der Waals surface area contributed by atoms with Crippen LogP contribution in [0.3, 0.4) is 0 Å². The highest BCUT2D eigenvalue weighted by Gasteiger charge is 2.37. The van der Waals surface area contributed by atoms with Gasteiger partial charge in [-0.25, -0.2) is 0 Å². The van der Waals surface area contributed by atoms with Crippen LogP contribution in [-0.4, -0.2) is 60.3 Å². The number of ether oxygens (including phenoxy) is 1. The Morgan fingerprint density at radius 2 is 2.25 bits per heavy atom. The topological polar surface area (TPSA) is 49.8 Å². The lowest BCUT2D eigenvalue weighted by Gasteiger charge is -2.29. The second-order valence-electron chi connectivity index (χ2n) is 4.08. The Kier molecular flexibility index (Phi) is 6.16. The lowest BCUT2D eigenvalue weighted by Crippen LogP contribution is -2.44. The molecule has 94 valence electrons. The predicted octanol–water partition coefficient (Wildman–Crippen LogP) is 1.16. The maximum atomic E-state index is 11.1. The van der Waals surface area contributed by atoms with Gasteiger partial charge in [-0.3, -0.25) is 9.69 Å². The summed E-state index contributed by atoms with van der Waals surface area (Å²) in [6.07, 6.45) is 3.13. The van der Waals surface area contributed by atoms with Gasteiger partial charge in [-0.1, -0.05) is 6.92 Å². The third-order valence-corrected chi connectivity index (χ3v) is 3.52. The summed E-state index contributed by atoms with van der Waals surface area (Å²) >= 11 is 1.79. The maximum absolute atomic E-state index is 11.1. The van der Waals surface area contributed by atoms with E-state index >= 15 is 0 Å². The molecule has 0 aromatic heterocycles. The Balaban J connectivity index is 2.57. The van der Waals surface area contributed by atoms with Gasteiger partial charge in [0.25, 0.3) is 0 Å². The quantitative estimate of drug-likeness (QED) is 0.731. The number of carbonyl (C=O) groups is 1. The number of carboxylic acids is 1. The number of nitrogens with zero attached hydrogens (tertiary/aromatic N) is 1. The minimum atomic E-state index is -0.729. The van der Waals surface area contributed by atoms with E-state index in [0.29, 0.717) is 13.2 Å². The molecule has 0 radical (unpaired) electrons.